The Kier molecular flexibility index (Phi) is 5.77. The molecule has 7 nitrogen and oxygen atoms in total. The number of benzene rings is 2. The molecule has 1 atom stereocenters. The number of amides is 1. The van der Waals surface area contributed by atoms with Crippen LogP contribution in [-0.2, 0) is 16.4 Å². The van der Waals surface area contributed by atoms with Gasteiger partial charge in [-0.1, -0.05) is 35.9 Å². The molecule has 0 saturated carbocycles. The van der Waals surface area contributed by atoms with Crippen LogP contribution in [0.15, 0.2) is 66.0 Å². The zero-order valence-corrected chi connectivity index (χ0v) is 19.7. The van der Waals surface area contributed by atoms with Crippen LogP contribution in [0.1, 0.15) is 40.4 Å². The van der Waals surface area contributed by atoms with Gasteiger partial charge in [0.1, 0.15) is 0 Å². The van der Waals surface area contributed by atoms with Crippen LogP contribution in [-0.4, -0.2) is 23.7 Å². The maximum absolute atomic E-state index is 13.2. The highest BCUT2D eigenvalue weighted by molar-refractivity contribution is 7.92. The summed E-state index contributed by atoms with van der Waals surface area (Å²) in [6, 6.07) is 14.1. The molecule has 0 aliphatic heterocycles. The van der Waals surface area contributed by atoms with E-state index in [9.17, 15) is 13.2 Å². The van der Waals surface area contributed by atoms with Crippen molar-refractivity contribution >= 4 is 54.8 Å². The summed E-state index contributed by atoms with van der Waals surface area (Å²) in [5.74, 6) is -0.380. The molecule has 1 amide bonds. The highest BCUT2D eigenvalue weighted by atomic mass is 35.5. The van der Waals surface area contributed by atoms with Gasteiger partial charge in [-0.05, 0) is 66.2 Å². The molecule has 2 aromatic carbocycles. The molecule has 1 aliphatic carbocycles. The Balaban J connectivity index is 1.46. The topological polar surface area (TPSA) is 101 Å². The fourth-order valence-electron chi connectivity index (χ4n) is 4.12. The quantitative estimate of drug-likeness (QED) is 0.405. The minimum atomic E-state index is -4.10. The molecule has 1 aliphatic rings. The van der Waals surface area contributed by atoms with E-state index in [1.807, 2.05) is 18.2 Å². The molecule has 0 spiro atoms. The Morgan fingerprint density at radius 2 is 2.00 bits per heavy atom. The normalized spacial score (nSPS) is 15.7. The summed E-state index contributed by atoms with van der Waals surface area (Å²) < 4.78 is 33.6. The van der Waals surface area contributed by atoms with Gasteiger partial charge >= 0.3 is 0 Å². The predicted octanol–water partition coefficient (Wildman–Crippen LogP) is 4.95. The summed E-state index contributed by atoms with van der Waals surface area (Å²) >= 11 is 7.32. The van der Waals surface area contributed by atoms with Gasteiger partial charge in [-0.25, -0.2) is 4.98 Å². The molecule has 2 N–H and O–H groups in total. The standard InChI is InChI=1S/C23H19ClN4O3S2/c24-15-8-9-17(22(29)27-19-7-3-5-14-4-1-2-6-16(14)19)20(12-15)28-33(30,31)23-18-13-26-32-21(18)10-11-25-23/h1-2,4,6,8-13,19,28H,3,5,7H2,(H,27,29). The van der Waals surface area contributed by atoms with E-state index >= 15 is 0 Å². The number of fused-ring (bicyclic) bond motifs is 2. The van der Waals surface area contributed by atoms with Crippen molar-refractivity contribution in [3.8, 4) is 0 Å². The van der Waals surface area contributed by atoms with Crippen LogP contribution in [0.2, 0.25) is 5.02 Å². The lowest BCUT2D eigenvalue weighted by Crippen LogP contribution is -2.31. The number of sulfonamides is 1. The molecule has 168 valence electrons. The van der Waals surface area contributed by atoms with Gasteiger partial charge in [-0.3, -0.25) is 9.52 Å². The summed E-state index contributed by atoms with van der Waals surface area (Å²) in [6.45, 7) is 0. The highest BCUT2D eigenvalue weighted by Crippen LogP contribution is 2.31. The number of carbonyl (C=O) groups is 1. The molecular formula is C23H19ClN4O3S2. The molecule has 0 saturated heterocycles. The third kappa shape index (κ3) is 4.31. The molecule has 2 aromatic heterocycles. The van der Waals surface area contributed by atoms with E-state index < -0.39 is 10.0 Å². The Morgan fingerprint density at radius 3 is 2.88 bits per heavy atom. The van der Waals surface area contributed by atoms with Gasteiger partial charge in [-0.2, -0.15) is 12.8 Å². The van der Waals surface area contributed by atoms with E-state index in [0.29, 0.717) is 15.1 Å². The fraction of sp³-hybridized carbons (Fsp3) is 0.174. The van der Waals surface area contributed by atoms with Crippen molar-refractivity contribution in [1.29, 1.82) is 0 Å². The Labute approximate surface area is 200 Å². The monoisotopic (exact) mass is 498 g/mol. The second kappa shape index (κ2) is 8.74. The fourth-order valence-corrected chi connectivity index (χ4v) is 6.20. The number of carbonyl (C=O) groups excluding carboxylic acids is 1. The molecule has 0 fully saturated rings. The number of aromatic nitrogens is 2. The lowest BCUT2D eigenvalue weighted by molar-refractivity contribution is 0.0933. The smallest absolute Gasteiger partial charge is 0.280 e. The number of hydrogen-bond acceptors (Lipinski definition) is 6. The van der Waals surface area contributed by atoms with Crippen molar-refractivity contribution in [2.45, 2.75) is 30.3 Å². The first kappa shape index (κ1) is 21.8. The average Bonchev–Trinajstić information content (AvgIpc) is 3.28. The van der Waals surface area contributed by atoms with Crippen LogP contribution < -0.4 is 10.0 Å². The van der Waals surface area contributed by atoms with Crippen LogP contribution in [0.5, 0.6) is 0 Å². The first-order valence-electron chi connectivity index (χ1n) is 10.3. The minimum Gasteiger partial charge on any atom is -0.345 e. The summed E-state index contributed by atoms with van der Waals surface area (Å²) in [6.07, 6.45) is 5.64. The first-order chi connectivity index (χ1) is 15.9. The second-order valence-corrected chi connectivity index (χ2v) is 10.6. The van der Waals surface area contributed by atoms with Crippen LogP contribution in [0.4, 0.5) is 5.69 Å². The lowest BCUT2D eigenvalue weighted by Gasteiger charge is -2.26. The third-order valence-electron chi connectivity index (χ3n) is 5.65. The molecule has 0 bridgehead atoms. The van der Waals surface area contributed by atoms with Gasteiger partial charge in [0.05, 0.1) is 33.6 Å². The molecule has 0 radical (unpaired) electrons. The van der Waals surface area contributed by atoms with Crippen molar-refractivity contribution in [1.82, 2.24) is 14.7 Å². The molecule has 2 heterocycles. The van der Waals surface area contributed by atoms with Gasteiger partial charge in [0.25, 0.3) is 15.9 Å². The van der Waals surface area contributed by atoms with Crippen LogP contribution >= 0.6 is 23.1 Å². The second-order valence-electron chi connectivity index (χ2n) is 7.77. The van der Waals surface area contributed by atoms with E-state index in [4.69, 9.17) is 11.6 Å². The number of aryl methyl sites for hydroxylation is 1. The first-order valence-corrected chi connectivity index (χ1v) is 13.0. The molecule has 33 heavy (non-hydrogen) atoms. The third-order valence-corrected chi connectivity index (χ3v) is 7.97. The van der Waals surface area contributed by atoms with E-state index in [0.717, 1.165) is 24.8 Å². The maximum atomic E-state index is 13.2. The van der Waals surface area contributed by atoms with Gasteiger partial charge < -0.3 is 5.32 Å². The molecular weight excluding hydrogens is 480 g/mol. The maximum Gasteiger partial charge on any atom is 0.280 e. The number of pyridine rings is 1. The number of nitrogens with one attached hydrogen (secondary N) is 2. The Hall–Kier alpha value is -3.01. The van der Waals surface area contributed by atoms with E-state index in [2.05, 4.69) is 25.5 Å². The van der Waals surface area contributed by atoms with E-state index in [1.54, 1.807) is 12.1 Å². The van der Waals surface area contributed by atoms with Crippen molar-refractivity contribution in [3.05, 3.63) is 82.6 Å². The van der Waals surface area contributed by atoms with E-state index in [-0.39, 0.29) is 28.2 Å². The summed E-state index contributed by atoms with van der Waals surface area (Å²) in [4.78, 5) is 17.3. The molecule has 1 unspecified atom stereocenters. The van der Waals surface area contributed by atoms with Gasteiger partial charge in [0.2, 0.25) is 0 Å². The minimum absolute atomic E-state index is 0.0890. The van der Waals surface area contributed by atoms with Gasteiger partial charge in [0.15, 0.2) is 5.03 Å². The Morgan fingerprint density at radius 1 is 1.15 bits per heavy atom. The highest BCUT2D eigenvalue weighted by Gasteiger charge is 2.26. The summed E-state index contributed by atoms with van der Waals surface area (Å²) in [5.41, 5.74) is 2.58. The number of halogens is 1. The number of rotatable bonds is 5. The number of nitrogens with zero attached hydrogens (tertiary/aromatic N) is 2. The zero-order chi connectivity index (χ0) is 23.0. The van der Waals surface area contributed by atoms with Gasteiger partial charge in [0, 0.05) is 11.2 Å². The largest absolute Gasteiger partial charge is 0.345 e. The molecule has 5 rings (SSSR count). The van der Waals surface area contributed by atoms with Crippen molar-refractivity contribution in [3.63, 3.8) is 0 Å². The van der Waals surface area contributed by atoms with Crippen LogP contribution in [0, 0.1) is 0 Å². The molecule has 10 heteroatoms. The van der Waals surface area contributed by atoms with Crippen molar-refractivity contribution in [2.75, 3.05) is 4.72 Å². The van der Waals surface area contributed by atoms with Crippen molar-refractivity contribution < 1.29 is 13.2 Å². The van der Waals surface area contributed by atoms with Gasteiger partial charge in [-0.15, -0.1) is 0 Å². The summed E-state index contributed by atoms with van der Waals surface area (Å²) in [7, 11) is -4.10. The number of hydrogen-bond donors (Lipinski definition) is 2. The predicted molar refractivity (Wildman–Crippen MR) is 129 cm³/mol. The Bertz CT molecular complexity index is 1470. The average molecular weight is 499 g/mol. The van der Waals surface area contributed by atoms with E-state index in [1.165, 1.54) is 41.6 Å². The van der Waals surface area contributed by atoms with Crippen LogP contribution in [0.25, 0.3) is 10.1 Å². The zero-order valence-electron chi connectivity index (χ0n) is 17.3. The SMILES string of the molecule is O=C(NC1CCCc2ccccc21)c1ccc(Cl)cc1NS(=O)(=O)c1nccc2sncc12. The molecule has 4 aromatic rings. The number of anilines is 1. The van der Waals surface area contributed by atoms with Crippen LogP contribution in [0.3, 0.4) is 0 Å². The lowest BCUT2D eigenvalue weighted by atomic mass is 9.87. The summed E-state index contributed by atoms with van der Waals surface area (Å²) in [5, 5.41) is 3.63. The van der Waals surface area contributed by atoms with Crippen molar-refractivity contribution in [2.24, 2.45) is 0 Å².